The summed E-state index contributed by atoms with van der Waals surface area (Å²) >= 11 is 5.16. The molecular weight excluding hydrogens is 258 g/mol. The number of nitrogens with one attached hydrogen (secondary N) is 1. The fourth-order valence-electron chi connectivity index (χ4n) is 1.47. The van der Waals surface area contributed by atoms with Crippen LogP contribution >= 0.6 is 34.9 Å². The maximum atomic E-state index is 4.19. The molecule has 0 aliphatic heterocycles. The zero-order chi connectivity index (χ0) is 12.0. The molecule has 1 N–H and O–H groups in total. The van der Waals surface area contributed by atoms with E-state index in [4.69, 9.17) is 0 Å². The predicted octanol–water partition coefficient (Wildman–Crippen LogP) is 3.13. The third-order valence-corrected chi connectivity index (χ3v) is 5.54. The summed E-state index contributed by atoms with van der Waals surface area (Å²) in [6, 6.07) is 0.552. The van der Waals surface area contributed by atoms with Crippen molar-refractivity contribution in [1.29, 1.82) is 0 Å². The molecule has 92 valence electrons. The van der Waals surface area contributed by atoms with E-state index in [0.29, 0.717) is 11.3 Å². The molecule has 0 fully saturated rings. The number of hydrogen-bond acceptors (Lipinski definition) is 6. The molecule has 0 radical (unpaired) electrons. The molecule has 0 amide bonds. The van der Waals surface area contributed by atoms with E-state index in [2.05, 4.69) is 36.3 Å². The summed E-state index contributed by atoms with van der Waals surface area (Å²) in [6.45, 7) is 7.64. The third kappa shape index (κ3) is 4.24. The summed E-state index contributed by atoms with van der Waals surface area (Å²) in [7, 11) is 0. The largest absolute Gasteiger partial charge is 0.313 e. The molecule has 6 heteroatoms. The molecule has 2 atom stereocenters. The first-order chi connectivity index (χ1) is 7.71. The van der Waals surface area contributed by atoms with Crippen LogP contribution in [0.1, 0.15) is 27.2 Å². The van der Waals surface area contributed by atoms with Gasteiger partial charge < -0.3 is 5.32 Å². The predicted molar refractivity (Wildman–Crippen MR) is 74.8 cm³/mol. The number of hydrogen-bond donors (Lipinski definition) is 1. The van der Waals surface area contributed by atoms with Crippen LogP contribution in [0.2, 0.25) is 0 Å². The first kappa shape index (κ1) is 14.3. The molecule has 16 heavy (non-hydrogen) atoms. The Balaban J connectivity index is 2.51. The van der Waals surface area contributed by atoms with Gasteiger partial charge in [0.25, 0.3) is 0 Å². The minimum Gasteiger partial charge on any atom is -0.313 e. The van der Waals surface area contributed by atoms with Gasteiger partial charge in [0, 0.05) is 11.3 Å². The zero-order valence-electron chi connectivity index (χ0n) is 10.2. The molecule has 0 saturated carbocycles. The minimum atomic E-state index is 0.535. The van der Waals surface area contributed by atoms with Gasteiger partial charge in [0.15, 0.2) is 8.68 Å². The minimum absolute atomic E-state index is 0.535. The van der Waals surface area contributed by atoms with Gasteiger partial charge in [-0.25, -0.2) is 0 Å². The Morgan fingerprint density at radius 1 is 1.31 bits per heavy atom. The lowest BCUT2D eigenvalue weighted by Crippen LogP contribution is -2.35. The van der Waals surface area contributed by atoms with Crippen molar-refractivity contribution in [2.75, 3.05) is 12.8 Å². The third-order valence-electron chi connectivity index (χ3n) is 2.32. The summed E-state index contributed by atoms with van der Waals surface area (Å²) in [6.07, 6.45) is 3.18. The summed E-state index contributed by atoms with van der Waals surface area (Å²) in [4.78, 5) is 0. The Kier molecular flexibility index (Phi) is 6.72. The quantitative estimate of drug-likeness (QED) is 0.775. The lowest BCUT2D eigenvalue weighted by Gasteiger charge is -2.21. The lowest BCUT2D eigenvalue weighted by atomic mass is 10.2. The van der Waals surface area contributed by atoms with Crippen molar-refractivity contribution in [2.24, 2.45) is 0 Å². The van der Waals surface area contributed by atoms with Crippen LogP contribution in [0.25, 0.3) is 0 Å². The second-order valence-electron chi connectivity index (χ2n) is 3.43. The van der Waals surface area contributed by atoms with Crippen LogP contribution in [0.4, 0.5) is 0 Å². The molecule has 3 nitrogen and oxygen atoms in total. The van der Waals surface area contributed by atoms with E-state index in [0.717, 1.165) is 21.6 Å². The summed E-state index contributed by atoms with van der Waals surface area (Å²) < 4.78 is 2.12. The van der Waals surface area contributed by atoms with Crippen molar-refractivity contribution >= 4 is 34.9 Å². The van der Waals surface area contributed by atoms with Crippen molar-refractivity contribution < 1.29 is 0 Å². The van der Waals surface area contributed by atoms with Gasteiger partial charge in [-0.3, -0.25) is 0 Å². The fourth-order valence-corrected chi connectivity index (χ4v) is 4.38. The van der Waals surface area contributed by atoms with Crippen LogP contribution in [0.5, 0.6) is 0 Å². The normalized spacial score (nSPS) is 15.0. The molecular formula is C10H19N3S3. The van der Waals surface area contributed by atoms with E-state index in [-0.39, 0.29) is 0 Å². The molecule has 0 aromatic carbocycles. The Morgan fingerprint density at radius 2 is 2.00 bits per heavy atom. The molecule has 0 spiro atoms. The highest BCUT2D eigenvalue weighted by molar-refractivity contribution is 8.03. The monoisotopic (exact) mass is 277 g/mol. The van der Waals surface area contributed by atoms with E-state index in [1.807, 2.05) is 18.0 Å². The molecule has 0 aliphatic rings. The second kappa shape index (κ2) is 7.53. The number of thioether (sulfide) groups is 2. The number of rotatable bonds is 7. The first-order valence-electron chi connectivity index (χ1n) is 5.48. The smallest absolute Gasteiger partial charge is 0.175 e. The standard InChI is InChI=1S/C10H19N3S3/c1-5-8(11-6-2)7(3)15-10-13-12-9(14-4)16-10/h7-8,11H,5-6H2,1-4H3. The van der Waals surface area contributed by atoms with Crippen LogP contribution in [0.3, 0.4) is 0 Å². The fraction of sp³-hybridized carbons (Fsp3) is 0.800. The van der Waals surface area contributed by atoms with Crippen molar-refractivity contribution in [1.82, 2.24) is 15.5 Å². The summed E-state index contributed by atoms with van der Waals surface area (Å²) in [5, 5.41) is 12.3. The van der Waals surface area contributed by atoms with Gasteiger partial charge in [-0.15, -0.1) is 10.2 Å². The van der Waals surface area contributed by atoms with Crippen LogP contribution < -0.4 is 5.32 Å². The van der Waals surface area contributed by atoms with Crippen LogP contribution in [-0.2, 0) is 0 Å². The number of aromatic nitrogens is 2. The van der Waals surface area contributed by atoms with E-state index in [9.17, 15) is 0 Å². The van der Waals surface area contributed by atoms with Crippen molar-refractivity contribution in [3.8, 4) is 0 Å². The molecule has 2 unspecified atom stereocenters. The molecule has 1 rings (SSSR count). The Bertz CT molecular complexity index is 303. The van der Waals surface area contributed by atoms with E-state index < -0.39 is 0 Å². The SMILES string of the molecule is CCNC(CC)C(C)Sc1nnc(SC)s1. The highest BCUT2D eigenvalue weighted by Crippen LogP contribution is 2.31. The average molecular weight is 277 g/mol. The summed E-state index contributed by atoms with van der Waals surface area (Å²) in [5.41, 5.74) is 0. The maximum Gasteiger partial charge on any atom is 0.175 e. The summed E-state index contributed by atoms with van der Waals surface area (Å²) in [5.74, 6) is 0. The van der Waals surface area contributed by atoms with Gasteiger partial charge in [0.05, 0.1) is 0 Å². The highest BCUT2D eigenvalue weighted by Gasteiger charge is 2.17. The van der Waals surface area contributed by atoms with Crippen molar-refractivity contribution in [3.63, 3.8) is 0 Å². The van der Waals surface area contributed by atoms with Gasteiger partial charge in [-0.1, -0.05) is 55.6 Å². The Hall–Kier alpha value is 0.220. The molecule has 1 aromatic heterocycles. The van der Waals surface area contributed by atoms with Gasteiger partial charge in [0.1, 0.15) is 0 Å². The first-order valence-corrected chi connectivity index (χ1v) is 8.40. The van der Waals surface area contributed by atoms with Gasteiger partial charge >= 0.3 is 0 Å². The lowest BCUT2D eigenvalue weighted by molar-refractivity contribution is 0.509. The van der Waals surface area contributed by atoms with Crippen molar-refractivity contribution in [2.45, 2.75) is 47.2 Å². The number of nitrogens with zero attached hydrogens (tertiary/aromatic N) is 2. The van der Waals surface area contributed by atoms with Crippen LogP contribution in [0.15, 0.2) is 8.68 Å². The van der Waals surface area contributed by atoms with Crippen LogP contribution in [0, 0.1) is 0 Å². The van der Waals surface area contributed by atoms with Gasteiger partial charge in [0.2, 0.25) is 0 Å². The Labute approximate surface area is 110 Å². The molecule has 0 aliphatic carbocycles. The topological polar surface area (TPSA) is 37.8 Å². The van der Waals surface area contributed by atoms with Crippen LogP contribution in [-0.4, -0.2) is 34.3 Å². The molecule has 1 heterocycles. The molecule has 0 saturated heterocycles. The average Bonchev–Trinajstić information content (AvgIpc) is 2.73. The van der Waals surface area contributed by atoms with Gasteiger partial charge in [-0.2, -0.15) is 0 Å². The van der Waals surface area contributed by atoms with E-state index >= 15 is 0 Å². The maximum absolute atomic E-state index is 4.19. The second-order valence-corrected chi connectivity index (χ2v) is 7.09. The van der Waals surface area contributed by atoms with E-state index in [1.54, 1.807) is 23.1 Å². The van der Waals surface area contributed by atoms with E-state index in [1.165, 1.54) is 0 Å². The molecule has 1 aromatic rings. The molecule has 0 bridgehead atoms. The highest BCUT2D eigenvalue weighted by atomic mass is 32.2. The van der Waals surface area contributed by atoms with Crippen molar-refractivity contribution in [3.05, 3.63) is 0 Å². The zero-order valence-corrected chi connectivity index (χ0v) is 12.6. The Morgan fingerprint density at radius 3 is 2.50 bits per heavy atom. The van der Waals surface area contributed by atoms with Gasteiger partial charge in [-0.05, 0) is 19.2 Å².